The quantitative estimate of drug-likeness (QED) is 0.376. The molecule has 0 aliphatic heterocycles. The molecule has 0 atom stereocenters. The lowest BCUT2D eigenvalue weighted by Gasteiger charge is -2.33. The molecular formula is C25H32BrN3O4S. The molecular weight excluding hydrogens is 518 g/mol. The fourth-order valence-corrected chi connectivity index (χ4v) is 7.06. The van der Waals surface area contributed by atoms with E-state index in [0.29, 0.717) is 27.3 Å². The lowest BCUT2D eigenvalue weighted by atomic mass is 9.95. The first-order chi connectivity index (χ1) is 16.1. The highest BCUT2D eigenvalue weighted by Crippen LogP contribution is 2.31. The first kappa shape index (κ1) is 26.4. The Labute approximate surface area is 210 Å². The third kappa shape index (κ3) is 6.25. The van der Waals surface area contributed by atoms with E-state index in [1.165, 1.54) is 10.5 Å². The van der Waals surface area contributed by atoms with Crippen molar-refractivity contribution < 1.29 is 17.9 Å². The number of sulfonamides is 1. The van der Waals surface area contributed by atoms with E-state index < -0.39 is 15.9 Å². The molecule has 1 aliphatic carbocycles. The van der Waals surface area contributed by atoms with Gasteiger partial charge in [0.1, 0.15) is 5.75 Å². The van der Waals surface area contributed by atoms with Gasteiger partial charge in [-0.15, -0.1) is 0 Å². The molecule has 3 rings (SSSR count). The number of aryl methyl sites for hydroxylation is 3. The van der Waals surface area contributed by atoms with Gasteiger partial charge in [-0.2, -0.15) is 9.41 Å². The van der Waals surface area contributed by atoms with Crippen LogP contribution in [-0.2, 0) is 14.8 Å². The summed E-state index contributed by atoms with van der Waals surface area (Å²) in [6.07, 6.45) is 5.95. The van der Waals surface area contributed by atoms with Crippen molar-refractivity contribution in [3.63, 3.8) is 0 Å². The summed E-state index contributed by atoms with van der Waals surface area (Å²) >= 11 is 3.41. The Hall–Kier alpha value is -2.23. The molecule has 1 amide bonds. The van der Waals surface area contributed by atoms with Crippen molar-refractivity contribution in [2.75, 3.05) is 13.7 Å². The Kier molecular flexibility index (Phi) is 8.89. The van der Waals surface area contributed by atoms with Crippen LogP contribution in [0, 0.1) is 20.8 Å². The van der Waals surface area contributed by atoms with Crippen molar-refractivity contribution >= 4 is 38.1 Å². The molecule has 0 radical (unpaired) electrons. The predicted molar refractivity (Wildman–Crippen MR) is 138 cm³/mol. The van der Waals surface area contributed by atoms with Crippen molar-refractivity contribution in [2.45, 2.75) is 63.8 Å². The van der Waals surface area contributed by atoms with Crippen LogP contribution in [0.5, 0.6) is 5.75 Å². The van der Waals surface area contributed by atoms with Crippen molar-refractivity contribution in [1.29, 1.82) is 0 Å². The normalized spacial score (nSPS) is 15.1. The highest BCUT2D eigenvalue weighted by atomic mass is 79.9. The molecule has 0 saturated heterocycles. The Morgan fingerprint density at radius 3 is 2.41 bits per heavy atom. The third-order valence-electron chi connectivity index (χ3n) is 6.04. The molecule has 0 bridgehead atoms. The first-order valence-electron chi connectivity index (χ1n) is 11.4. The van der Waals surface area contributed by atoms with Crippen molar-refractivity contribution in [3.8, 4) is 5.75 Å². The smallest absolute Gasteiger partial charge is 0.255 e. The van der Waals surface area contributed by atoms with Gasteiger partial charge in [0.05, 0.1) is 24.8 Å². The predicted octanol–water partition coefficient (Wildman–Crippen LogP) is 4.86. The first-order valence-corrected chi connectivity index (χ1v) is 13.6. The fraction of sp³-hybridized carbons (Fsp3) is 0.440. The van der Waals surface area contributed by atoms with Gasteiger partial charge in [0.15, 0.2) is 0 Å². The van der Waals surface area contributed by atoms with E-state index in [4.69, 9.17) is 4.74 Å². The number of nitrogens with one attached hydrogen (secondary N) is 1. The van der Waals surface area contributed by atoms with Gasteiger partial charge < -0.3 is 4.74 Å². The summed E-state index contributed by atoms with van der Waals surface area (Å²) in [5, 5.41) is 4.04. The lowest BCUT2D eigenvalue weighted by Crippen LogP contribution is -2.46. The number of carbonyl (C=O) groups excluding carboxylic acids is 1. The molecule has 1 aliphatic rings. The van der Waals surface area contributed by atoms with Gasteiger partial charge in [-0.25, -0.2) is 13.8 Å². The van der Waals surface area contributed by atoms with Gasteiger partial charge in [-0.1, -0.05) is 52.9 Å². The van der Waals surface area contributed by atoms with Crippen LogP contribution in [-0.4, -0.2) is 44.5 Å². The number of halogens is 1. The molecule has 1 fully saturated rings. The SMILES string of the molecule is COc1ccc(Br)cc1/C=N/NC(=O)CN(C1CCCCC1)S(=O)(=O)c1c(C)cc(C)cc1C. The van der Waals surface area contributed by atoms with E-state index in [1.54, 1.807) is 13.2 Å². The maximum absolute atomic E-state index is 13.8. The Balaban J connectivity index is 1.85. The molecule has 7 nitrogen and oxygen atoms in total. The second-order valence-electron chi connectivity index (χ2n) is 8.75. The van der Waals surface area contributed by atoms with E-state index in [1.807, 2.05) is 45.0 Å². The van der Waals surface area contributed by atoms with E-state index >= 15 is 0 Å². The Morgan fingerprint density at radius 2 is 1.79 bits per heavy atom. The minimum Gasteiger partial charge on any atom is -0.496 e. The number of rotatable bonds is 8. The second-order valence-corrected chi connectivity index (χ2v) is 11.5. The van der Waals surface area contributed by atoms with Crippen LogP contribution in [0.2, 0.25) is 0 Å². The molecule has 1 saturated carbocycles. The maximum Gasteiger partial charge on any atom is 0.255 e. The van der Waals surface area contributed by atoms with Crippen LogP contribution in [0.4, 0.5) is 0 Å². The number of nitrogens with zero attached hydrogens (tertiary/aromatic N) is 2. The van der Waals surface area contributed by atoms with E-state index in [2.05, 4.69) is 26.5 Å². The fourth-order valence-electron chi connectivity index (χ4n) is 4.63. The summed E-state index contributed by atoms with van der Waals surface area (Å²) in [7, 11) is -2.32. The minimum absolute atomic E-state index is 0.209. The molecule has 9 heteroatoms. The zero-order valence-corrected chi connectivity index (χ0v) is 22.5. The molecule has 1 N–H and O–H groups in total. The highest BCUT2D eigenvalue weighted by Gasteiger charge is 2.35. The highest BCUT2D eigenvalue weighted by molar-refractivity contribution is 9.10. The molecule has 0 spiro atoms. The largest absolute Gasteiger partial charge is 0.496 e. The zero-order chi connectivity index (χ0) is 24.9. The molecule has 0 unspecified atom stereocenters. The van der Waals surface area contributed by atoms with Gasteiger partial charge in [0, 0.05) is 16.1 Å². The lowest BCUT2D eigenvalue weighted by molar-refractivity contribution is -0.121. The van der Waals surface area contributed by atoms with Gasteiger partial charge in [0.2, 0.25) is 10.0 Å². The average Bonchev–Trinajstić information content (AvgIpc) is 2.77. The number of ether oxygens (including phenoxy) is 1. The Bertz CT molecular complexity index is 1150. The summed E-state index contributed by atoms with van der Waals surface area (Å²) in [5.74, 6) is 0.125. The number of carbonyl (C=O) groups is 1. The minimum atomic E-state index is -3.87. The number of methoxy groups -OCH3 is 1. The number of hydrazone groups is 1. The van der Waals surface area contributed by atoms with Gasteiger partial charge in [-0.3, -0.25) is 4.79 Å². The number of hydrogen-bond acceptors (Lipinski definition) is 5. The van der Waals surface area contributed by atoms with E-state index in [-0.39, 0.29) is 12.6 Å². The van der Waals surface area contributed by atoms with Crippen LogP contribution in [0.3, 0.4) is 0 Å². The second kappa shape index (κ2) is 11.5. The maximum atomic E-state index is 13.8. The monoisotopic (exact) mass is 549 g/mol. The van der Waals surface area contributed by atoms with Crippen molar-refractivity contribution in [3.05, 3.63) is 57.1 Å². The zero-order valence-electron chi connectivity index (χ0n) is 20.1. The number of amides is 1. The molecule has 2 aromatic carbocycles. The van der Waals surface area contributed by atoms with E-state index in [9.17, 15) is 13.2 Å². The standard InChI is InChI=1S/C25H32BrN3O4S/c1-17-12-18(2)25(19(3)13-17)34(31,32)29(22-8-6-5-7-9-22)16-24(30)28-27-15-20-14-21(26)10-11-23(20)33-4/h10-15,22H,5-9,16H2,1-4H3,(H,28,30)/b27-15+. The van der Waals surface area contributed by atoms with Crippen LogP contribution in [0.1, 0.15) is 54.4 Å². The molecule has 0 aromatic heterocycles. The molecule has 0 heterocycles. The van der Waals surface area contributed by atoms with Crippen LogP contribution < -0.4 is 10.2 Å². The third-order valence-corrected chi connectivity index (χ3v) is 8.74. The van der Waals surface area contributed by atoms with Crippen LogP contribution >= 0.6 is 15.9 Å². The topological polar surface area (TPSA) is 88.1 Å². The summed E-state index contributed by atoms with van der Waals surface area (Å²) in [5.41, 5.74) is 5.56. The summed E-state index contributed by atoms with van der Waals surface area (Å²) in [4.78, 5) is 13.1. The molecule has 184 valence electrons. The molecule has 2 aromatic rings. The van der Waals surface area contributed by atoms with E-state index in [0.717, 1.165) is 42.1 Å². The summed E-state index contributed by atoms with van der Waals surface area (Å²) < 4.78 is 35.2. The number of hydrogen-bond donors (Lipinski definition) is 1. The van der Waals surface area contributed by atoms with Gasteiger partial charge >= 0.3 is 0 Å². The van der Waals surface area contributed by atoms with Crippen LogP contribution in [0.15, 0.2) is 44.8 Å². The molecule has 34 heavy (non-hydrogen) atoms. The summed E-state index contributed by atoms with van der Waals surface area (Å²) in [6.45, 7) is 5.27. The summed E-state index contributed by atoms with van der Waals surface area (Å²) in [6, 6.07) is 8.98. The van der Waals surface area contributed by atoms with Crippen molar-refractivity contribution in [2.24, 2.45) is 5.10 Å². The van der Waals surface area contributed by atoms with Gasteiger partial charge in [-0.05, 0) is 62.9 Å². The number of benzene rings is 2. The van der Waals surface area contributed by atoms with Crippen LogP contribution in [0.25, 0.3) is 0 Å². The Morgan fingerprint density at radius 1 is 1.15 bits per heavy atom. The van der Waals surface area contributed by atoms with Crippen molar-refractivity contribution in [1.82, 2.24) is 9.73 Å². The average molecular weight is 551 g/mol. The van der Waals surface area contributed by atoms with Gasteiger partial charge in [0.25, 0.3) is 5.91 Å².